The van der Waals surface area contributed by atoms with Gasteiger partial charge in [-0.05, 0) is 36.4 Å². The highest BCUT2D eigenvalue weighted by atomic mass is 35.5. The molecule has 0 fully saturated rings. The molecule has 4 heteroatoms. The molecule has 17 heavy (non-hydrogen) atoms. The van der Waals surface area contributed by atoms with Crippen LogP contribution < -0.4 is 0 Å². The molecule has 0 amide bonds. The molecule has 0 atom stereocenters. The van der Waals surface area contributed by atoms with Crippen molar-refractivity contribution < 1.29 is 13.6 Å². The van der Waals surface area contributed by atoms with Crippen molar-refractivity contribution in [1.82, 2.24) is 0 Å². The predicted molar refractivity (Wildman–Crippen MR) is 61.2 cm³/mol. The summed E-state index contributed by atoms with van der Waals surface area (Å²) < 4.78 is 26.1. The van der Waals surface area contributed by atoms with Gasteiger partial charge in [0, 0.05) is 16.7 Å². The summed E-state index contributed by atoms with van der Waals surface area (Å²) in [5.74, 6) is -2.08. The van der Waals surface area contributed by atoms with Crippen LogP contribution in [-0.2, 0) is 0 Å². The summed E-state index contributed by atoms with van der Waals surface area (Å²) >= 11 is 5.68. The Morgan fingerprint density at radius 2 is 1.65 bits per heavy atom. The van der Waals surface area contributed by atoms with Crippen molar-refractivity contribution >= 4 is 17.4 Å². The summed E-state index contributed by atoms with van der Waals surface area (Å²) in [6.07, 6.45) is 0. The summed E-state index contributed by atoms with van der Waals surface area (Å²) in [4.78, 5) is 11.9. The summed E-state index contributed by atoms with van der Waals surface area (Å²) in [7, 11) is 0. The van der Waals surface area contributed by atoms with Gasteiger partial charge in [-0.1, -0.05) is 11.6 Å². The number of halogens is 3. The molecule has 0 N–H and O–H groups in total. The molecule has 2 aromatic carbocycles. The molecule has 0 unspecified atom stereocenters. The van der Waals surface area contributed by atoms with Gasteiger partial charge in [-0.2, -0.15) is 0 Å². The summed E-state index contributed by atoms with van der Waals surface area (Å²) in [5, 5.41) is 0.487. The van der Waals surface area contributed by atoms with E-state index < -0.39 is 17.4 Å². The minimum atomic E-state index is -0.870. The maximum absolute atomic E-state index is 13.4. The molecule has 0 aromatic heterocycles. The largest absolute Gasteiger partial charge is 0.288 e. The highest BCUT2D eigenvalue weighted by Crippen LogP contribution is 2.16. The number of rotatable bonds is 2. The van der Waals surface area contributed by atoms with Crippen molar-refractivity contribution in [2.24, 2.45) is 0 Å². The fourth-order valence-corrected chi connectivity index (χ4v) is 1.56. The van der Waals surface area contributed by atoms with Crippen molar-refractivity contribution in [3.05, 3.63) is 70.2 Å². The Hall–Kier alpha value is -1.74. The van der Waals surface area contributed by atoms with Crippen molar-refractivity contribution in [3.63, 3.8) is 0 Å². The zero-order valence-corrected chi connectivity index (χ0v) is 9.34. The van der Waals surface area contributed by atoms with Crippen LogP contribution in [0.15, 0.2) is 42.5 Å². The van der Waals surface area contributed by atoms with Gasteiger partial charge >= 0.3 is 0 Å². The SMILES string of the molecule is O=C(c1ccc(Cl)cc1)c1ccc(F)cc1F. The Morgan fingerprint density at radius 1 is 1.00 bits per heavy atom. The summed E-state index contributed by atoms with van der Waals surface area (Å²) in [6, 6.07) is 8.92. The molecule has 0 aliphatic rings. The van der Waals surface area contributed by atoms with E-state index in [9.17, 15) is 13.6 Å². The first-order valence-corrected chi connectivity index (χ1v) is 5.21. The molecule has 86 valence electrons. The minimum absolute atomic E-state index is 0.159. The van der Waals surface area contributed by atoms with Gasteiger partial charge in [-0.15, -0.1) is 0 Å². The highest BCUT2D eigenvalue weighted by molar-refractivity contribution is 6.30. The molecule has 2 rings (SSSR count). The molecule has 1 nitrogen and oxygen atoms in total. The van der Waals surface area contributed by atoms with E-state index in [0.717, 1.165) is 12.1 Å². The minimum Gasteiger partial charge on any atom is -0.288 e. The van der Waals surface area contributed by atoms with Crippen LogP contribution in [0.1, 0.15) is 15.9 Å². The number of hydrogen-bond donors (Lipinski definition) is 0. The monoisotopic (exact) mass is 252 g/mol. The fourth-order valence-electron chi connectivity index (χ4n) is 1.43. The standard InChI is InChI=1S/C13H7ClF2O/c14-9-3-1-8(2-4-9)13(17)11-6-5-10(15)7-12(11)16/h1-7H. The van der Waals surface area contributed by atoms with E-state index >= 15 is 0 Å². The zero-order valence-electron chi connectivity index (χ0n) is 8.58. The van der Waals surface area contributed by atoms with Gasteiger partial charge in [-0.25, -0.2) is 8.78 Å². The molecular weight excluding hydrogens is 246 g/mol. The van der Waals surface area contributed by atoms with Crippen LogP contribution in [0.4, 0.5) is 8.78 Å². The summed E-state index contributed by atoms with van der Waals surface area (Å²) in [6.45, 7) is 0. The third-order valence-corrected chi connectivity index (χ3v) is 2.53. The second kappa shape index (κ2) is 4.63. The third kappa shape index (κ3) is 2.50. The average Bonchev–Trinajstić information content (AvgIpc) is 2.29. The predicted octanol–water partition coefficient (Wildman–Crippen LogP) is 3.85. The van der Waals surface area contributed by atoms with Crippen LogP contribution in [0, 0.1) is 11.6 Å². The number of hydrogen-bond acceptors (Lipinski definition) is 1. The Labute approximate surface area is 102 Å². The van der Waals surface area contributed by atoms with Gasteiger partial charge in [0.25, 0.3) is 0 Å². The molecule has 0 saturated carbocycles. The van der Waals surface area contributed by atoms with Crippen LogP contribution in [0.3, 0.4) is 0 Å². The quantitative estimate of drug-likeness (QED) is 0.742. The Morgan fingerprint density at radius 3 is 2.24 bits per heavy atom. The van der Waals surface area contributed by atoms with Crippen LogP contribution in [0.25, 0.3) is 0 Å². The number of benzene rings is 2. The molecule has 2 aromatic rings. The van der Waals surface area contributed by atoms with Crippen molar-refractivity contribution in [2.45, 2.75) is 0 Å². The normalized spacial score (nSPS) is 10.3. The maximum atomic E-state index is 13.4. The van der Waals surface area contributed by atoms with E-state index in [1.165, 1.54) is 24.3 Å². The van der Waals surface area contributed by atoms with Crippen molar-refractivity contribution in [2.75, 3.05) is 0 Å². The second-order valence-electron chi connectivity index (χ2n) is 3.46. The first kappa shape index (κ1) is 11.7. The molecule has 0 saturated heterocycles. The van der Waals surface area contributed by atoms with E-state index in [1.54, 1.807) is 0 Å². The third-order valence-electron chi connectivity index (χ3n) is 2.28. The summed E-state index contributed by atoms with van der Waals surface area (Å²) in [5.41, 5.74) is 0.147. The van der Waals surface area contributed by atoms with Gasteiger partial charge in [-0.3, -0.25) is 4.79 Å². The zero-order chi connectivity index (χ0) is 12.4. The molecule has 0 aliphatic heterocycles. The Bertz CT molecular complexity index is 564. The lowest BCUT2D eigenvalue weighted by atomic mass is 10.0. The van der Waals surface area contributed by atoms with E-state index in [4.69, 9.17) is 11.6 Å². The van der Waals surface area contributed by atoms with Crippen LogP contribution >= 0.6 is 11.6 Å². The second-order valence-corrected chi connectivity index (χ2v) is 3.90. The molecular formula is C13H7ClF2O. The van der Waals surface area contributed by atoms with Crippen molar-refractivity contribution in [1.29, 1.82) is 0 Å². The molecule has 0 heterocycles. The van der Waals surface area contributed by atoms with Gasteiger partial charge in [0.05, 0.1) is 5.56 Å². The first-order valence-electron chi connectivity index (χ1n) is 4.83. The van der Waals surface area contributed by atoms with Crippen LogP contribution in [-0.4, -0.2) is 5.78 Å². The number of carbonyl (C=O) groups is 1. The lowest BCUT2D eigenvalue weighted by Crippen LogP contribution is -2.04. The van der Waals surface area contributed by atoms with Crippen molar-refractivity contribution in [3.8, 4) is 0 Å². The maximum Gasteiger partial charge on any atom is 0.195 e. The average molecular weight is 253 g/mol. The number of carbonyl (C=O) groups excluding carboxylic acids is 1. The van der Waals surface area contributed by atoms with Crippen LogP contribution in [0.2, 0.25) is 5.02 Å². The van der Waals surface area contributed by atoms with E-state index in [1.807, 2.05) is 0 Å². The highest BCUT2D eigenvalue weighted by Gasteiger charge is 2.14. The van der Waals surface area contributed by atoms with Gasteiger partial charge < -0.3 is 0 Å². The van der Waals surface area contributed by atoms with E-state index in [2.05, 4.69) is 0 Å². The fraction of sp³-hybridized carbons (Fsp3) is 0. The lowest BCUT2D eigenvalue weighted by Gasteiger charge is -2.03. The Balaban J connectivity index is 2.40. The van der Waals surface area contributed by atoms with Gasteiger partial charge in [0.2, 0.25) is 0 Å². The van der Waals surface area contributed by atoms with E-state index in [-0.39, 0.29) is 5.56 Å². The van der Waals surface area contributed by atoms with Gasteiger partial charge in [0.1, 0.15) is 11.6 Å². The van der Waals surface area contributed by atoms with Gasteiger partial charge in [0.15, 0.2) is 5.78 Å². The topological polar surface area (TPSA) is 17.1 Å². The smallest absolute Gasteiger partial charge is 0.195 e. The van der Waals surface area contributed by atoms with Crippen LogP contribution in [0.5, 0.6) is 0 Å². The lowest BCUT2D eigenvalue weighted by molar-refractivity contribution is 0.103. The molecule has 0 spiro atoms. The molecule has 0 bridgehead atoms. The first-order chi connectivity index (χ1) is 8.08. The molecule has 0 aliphatic carbocycles. The van der Waals surface area contributed by atoms with E-state index in [0.29, 0.717) is 16.7 Å². The number of ketones is 1. The Kier molecular flexibility index (Phi) is 3.20. The molecule has 0 radical (unpaired) electrons.